The van der Waals surface area contributed by atoms with Crippen LogP contribution < -0.4 is 14.8 Å². The lowest BCUT2D eigenvalue weighted by molar-refractivity contribution is 0.102. The van der Waals surface area contributed by atoms with Gasteiger partial charge < -0.3 is 19.9 Å². The number of pyridine rings is 1. The van der Waals surface area contributed by atoms with Gasteiger partial charge in [-0.25, -0.2) is 4.98 Å². The van der Waals surface area contributed by atoms with Crippen LogP contribution >= 0.6 is 0 Å². The Morgan fingerprint density at radius 2 is 2.00 bits per heavy atom. The van der Waals surface area contributed by atoms with Crippen LogP contribution in [0.15, 0.2) is 36.5 Å². The van der Waals surface area contributed by atoms with E-state index in [9.17, 15) is 9.90 Å². The molecule has 2 rings (SSSR count). The normalized spacial score (nSPS) is 9.90. The number of aromatic nitrogens is 1. The number of rotatable bonds is 4. The number of methoxy groups -OCH3 is 2. The SMILES string of the molecule is COc1cccc(C(=O)Nc2ncccc2O)c1OC. The van der Waals surface area contributed by atoms with Crippen molar-refractivity contribution in [2.75, 3.05) is 19.5 Å². The predicted molar refractivity (Wildman–Crippen MR) is 73.4 cm³/mol. The molecule has 1 amide bonds. The Labute approximate surface area is 116 Å². The van der Waals surface area contributed by atoms with Crippen molar-refractivity contribution in [2.24, 2.45) is 0 Å². The third kappa shape index (κ3) is 2.64. The van der Waals surface area contributed by atoms with Crippen molar-refractivity contribution in [1.29, 1.82) is 0 Å². The number of hydrogen-bond acceptors (Lipinski definition) is 5. The molecule has 6 heteroatoms. The summed E-state index contributed by atoms with van der Waals surface area (Å²) in [5, 5.41) is 12.1. The van der Waals surface area contributed by atoms with Crippen LogP contribution in [0.4, 0.5) is 5.82 Å². The number of benzene rings is 1. The molecule has 0 bridgehead atoms. The van der Waals surface area contributed by atoms with Gasteiger partial charge in [-0.05, 0) is 24.3 Å². The second kappa shape index (κ2) is 5.92. The lowest BCUT2D eigenvalue weighted by Gasteiger charge is -2.12. The summed E-state index contributed by atoms with van der Waals surface area (Å²) in [7, 11) is 2.94. The number of aromatic hydroxyl groups is 1. The quantitative estimate of drug-likeness (QED) is 0.892. The second-order valence-corrected chi connectivity index (χ2v) is 3.87. The van der Waals surface area contributed by atoms with Crippen molar-refractivity contribution in [3.05, 3.63) is 42.1 Å². The number of anilines is 1. The van der Waals surface area contributed by atoms with Gasteiger partial charge in [0.25, 0.3) is 5.91 Å². The maximum atomic E-state index is 12.2. The van der Waals surface area contributed by atoms with E-state index in [1.165, 1.54) is 26.5 Å². The summed E-state index contributed by atoms with van der Waals surface area (Å²) in [6, 6.07) is 7.96. The van der Waals surface area contributed by atoms with Crippen LogP contribution in [0.3, 0.4) is 0 Å². The molecule has 0 radical (unpaired) electrons. The van der Waals surface area contributed by atoms with E-state index in [-0.39, 0.29) is 17.1 Å². The Kier molecular flexibility index (Phi) is 4.05. The largest absolute Gasteiger partial charge is 0.504 e. The Balaban J connectivity index is 2.32. The van der Waals surface area contributed by atoms with Gasteiger partial charge in [0.05, 0.1) is 19.8 Å². The van der Waals surface area contributed by atoms with E-state index in [4.69, 9.17) is 9.47 Å². The van der Waals surface area contributed by atoms with Crippen LogP contribution in [0.1, 0.15) is 10.4 Å². The second-order valence-electron chi connectivity index (χ2n) is 3.87. The summed E-state index contributed by atoms with van der Waals surface area (Å²) in [5.41, 5.74) is 0.289. The highest BCUT2D eigenvalue weighted by atomic mass is 16.5. The molecular weight excluding hydrogens is 260 g/mol. The first kappa shape index (κ1) is 13.7. The standard InChI is InChI=1S/C14H14N2O4/c1-19-11-7-3-5-9(12(11)20-2)14(18)16-13-10(17)6-4-8-15-13/h3-8,17H,1-2H3,(H,15,16,18). The van der Waals surface area contributed by atoms with Crippen molar-refractivity contribution in [1.82, 2.24) is 4.98 Å². The maximum Gasteiger partial charge on any atom is 0.260 e. The van der Waals surface area contributed by atoms with Crippen molar-refractivity contribution in [3.8, 4) is 17.2 Å². The molecule has 2 aromatic rings. The number of carbonyl (C=O) groups is 1. The lowest BCUT2D eigenvalue weighted by Crippen LogP contribution is -2.14. The zero-order valence-corrected chi connectivity index (χ0v) is 11.1. The molecule has 0 aliphatic heterocycles. The summed E-state index contributed by atoms with van der Waals surface area (Å²) >= 11 is 0. The van der Waals surface area contributed by atoms with Gasteiger partial charge in [-0.1, -0.05) is 6.07 Å². The van der Waals surface area contributed by atoms with Crippen LogP contribution in [0, 0.1) is 0 Å². The summed E-state index contributed by atoms with van der Waals surface area (Å²) in [6.45, 7) is 0. The van der Waals surface area contributed by atoms with Crippen molar-refractivity contribution < 1.29 is 19.4 Å². The molecule has 1 aromatic heterocycles. The highest BCUT2D eigenvalue weighted by Crippen LogP contribution is 2.31. The average Bonchev–Trinajstić information content (AvgIpc) is 2.48. The number of hydrogen-bond donors (Lipinski definition) is 2. The molecule has 0 unspecified atom stereocenters. The van der Waals surface area contributed by atoms with Gasteiger partial charge in [-0.3, -0.25) is 4.79 Å². The number of para-hydroxylation sites is 1. The number of nitrogens with one attached hydrogen (secondary N) is 1. The molecule has 0 spiro atoms. The van der Waals surface area contributed by atoms with Crippen molar-refractivity contribution >= 4 is 11.7 Å². The smallest absolute Gasteiger partial charge is 0.260 e. The van der Waals surface area contributed by atoms with Crippen LogP contribution in [-0.4, -0.2) is 30.2 Å². The van der Waals surface area contributed by atoms with Gasteiger partial charge in [-0.15, -0.1) is 0 Å². The van der Waals surface area contributed by atoms with Crippen molar-refractivity contribution in [3.63, 3.8) is 0 Å². The van der Waals surface area contributed by atoms with Crippen LogP contribution in [0.2, 0.25) is 0 Å². The fraction of sp³-hybridized carbons (Fsp3) is 0.143. The third-order valence-electron chi connectivity index (χ3n) is 2.67. The van der Waals surface area contributed by atoms with Gasteiger partial charge in [0, 0.05) is 6.20 Å². The van der Waals surface area contributed by atoms with E-state index in [1.807, 2.05) is 0 Å². The molecule has 1 heterocycles. The Bertz CT molecular complexity index is 628. The van der Waals surface area contributed by atoms with E-state index in [0.29, 0.717) is 11.5 Å². The summed E-state index contributed by atoms with van der Waals surface area (Å²) in [4.78, 5) is 16.1. The van der Waals surface area contributed by atoms with Crippen molar-refractivity contribution in [2.45, 2.75) is 0 Å². The van der Waals surface area contributed by atoms with E-state index in [2.05, 4.69) is 10.3 Å². The third-order valence-corrected chi connectivity index (χ3v) is 2.67. The molecule has 0 atom stereocenters. The molecule has 0 saturated carbocycles. The minimum Gasteiger partial charge on any atom is -0.504 e. The van der Waals surface area contributed by atoms with Crippen LogP contribution in [-0.2, 0) is 0 Å². The molecule has 0 aliphatic rings. The number of nitrogens with zero attached hydrogens (tertiary/aromatic N) is 1. The molecule has 20 heavy (non-hydrogen) atoms. The van der Waals surface area contributed by atoms with E-state index >= 15 is 0 Å². The predicted octanol–water partition coefficient (Wildman–Crippen LogP) is 2.06. The van der Waals surface area contributed by atoms with Gasteiger partial charge >= 0.3 is 0 Å². The van der Waals surface area contributed by atoms with E-state index in [0.717, 1.165) is 0 Å². The summed E-state index contributed by atoms with van der Waals surface area (Å²) in [6.07, 6.45) is 1.47. The molecule has 0 saturated heterocycles. The zero-order valence-electron chi connectivity index (χ0n) is 11.1. The highest BCUT2D eigenvalue weighted by molar-refractivity contribution is 6.06. The summed E-state index contributed by atoms with van der Waals surface area (Å²) in [5.74, 6) is 0.299. The topological polar surface area (TPSA) is 80.7 Å². The molecule has 1 aromatic carbocycles. The number of ether oxygens (including phenoxy) is 2. The molecule has 0 fully saturated rings. The fourth-order valence-corrected chi connectivity index (χ4v) is 1.73. The van der Waals surface area contributed by atoms with E-state index < -0.39 is 5.91 Å². The summed E-state index contributed by atoms with van der Waals surface area (Å²) < 4.78 is 10.3. The van der Waals surface area contributed by atoms with E-state index in [1.54, 1.807) is 24.3 Å². The van der Waals surface area contributed by atoms with Crippen LogP contribution in [0.25, 0.3) is 0 Å². The van der Waals surface area contributed by atoms with Gasteiger partial charge in [0.1, 0.15) is 0 Å². The number of carbonyl (C=O) groups excluding carboxylic acids is 1. The minimum absolute atomic E-state index is 0.0855. The maximum absolute atomic E-state index is 12.2. The Hall–Kier alpha value is -2.76. The Morgan fingerprint density at radius 1 is 1.20 bits per heavy atom. The Morgan fingerprint density at radius 3 is 2.65 bits per heavy atom. The van der Waals surface area contributed by atoms with Crippen LogP contribution in [0.5, 0.6) is 17.2 Å². The zero-order chi connectivity index (χ0) is 14.5. The molecule has 0 aliphatic carbocycles. The monoisotopic (exact) mass is 274 g/mol. The number of amides is 1. The molecule has 6 nitrogen and oxygen atoms in total. The fourth-order valence-electron chi connectivity index (χ4n) is 1.73. The minimum atomic E-state index is -0.449. The first-order chi connectivity index (χ1) is 9.67. The molecule has 104 valence electrons. The first-order valence-corrected chi connectivity index (χ1v) is 5.83. The average molecular weight is 274 g/mol. The highest BCUT2D eigenvalue weighted by Gasteiger charge is 2.17. The first-order valence-electron chi connectivity index (χ1n) is 5.83. The molecule has 2 N–H and O–H groups in total. The van der Waals surface area contributed by atoms with Gasteiger partial charge in [0.15, 0.2) is 23.1 Å². The van der Waals surface area contributed by atoms with Gasteiger partial charge in [-0.2, -0.15) is 0 Å². The molecular formula is C14H14N2O4. The van der Waals surface area contributed by atoms with Gasteiger partial charge in [0.2, 0.25) is 0 Å². The lowest BCUT2D eigenvalue weighted by atomic mass is 10.1.